The SMILES string of the molecule is COc1ccc(O[C@@H](CCCC(=O)OC(C)(C)C)C[C@H]2CN=C(NC(=O)OC(C)(C)C)N2C(=O)OC(C)(C)C)cc1. The number of carbonyl (C=O) groups excluding carboxylic acids is 3. The maximum atomic E-state index is 13.3. The van der Waals surface area contributed by atoms with Crippen molar-refractivity contribution in [3.8, 4) is 11.5 Å². The lowest BCUT2D eigenvalue weighted by molar-refractivity contribution is -0.155. The summed E-state index contributed by atoms with van der Waals surface area (Å²) in [6.07, 6.45) is -0.153. The molecule has 0 unspecified atom stereocenters. The zero-order valence-corrected chi connectivity index (χ0v) is 26.2. The van der Waals surface area contributed by atoms with Gasteiger partial charge in [0.2, 0.25) is 5.96 Å². The van der Waals surface area contributed by atoms with E-state index in [-0.39, 0.29) is 24.9 Å². The van der Waals surface area contributed by atoms with Crippen LogP contribution in [-0.4, -0.2) is 71.6 Å². The number of guanidine groups is 1. The summed E-state index contributed by atoms with van der Waals surface area (Å²) in [6.45, 7) is 16.2. The predicted molar refractivity (Wildman–Crippen MR) is 155 cm³/mol. The maximum Gasteiger partial charge on any atom is 0.417 e. The molecular formula is C30H47N3O8. The number of ether oxygens (including phenoxy) is 5. The molecule has 1 aromatic carbocycles. The van der Waals surface area contributed by atoms with E-state index in [1.54, 1.807) is 72.9 Å². The van der Waals surface area contributed by atoms with Crippen LogP contribution in [0.1, 0.15) is 88.0 Å². The summed E-state index contributed by atoms with van der Waals surface area (Å²) in [7, 11) is 1.59. The van der Waals surface area contributed by atoms with E-state index in [0.717, 1.165) is 0 Å². The Kier molecular flexibility index (Phi) is 11.4. The molecule has 41 heavy (non-hydrogen) atoms. The van der Waals surface area contributed by atoms with Crippen LogP contribution < -0.4 is 14.8 Å². The molecule has 0 aliphatic carbocycles. The van der Waals surface area contributed by atoms with Gasteiger partial charge in [0.15, 0.2) is 0 Å². The molecular weight excluding hydrogens is 530 g/mol. The van der Waals surface area contributed by atoms with Gasteiger partial charge in [0.25, 0.3) is 0 Å². The summed E-state index contributed by atoms with van der Waals surface area (Å²) in [4.78, 5) is 43.9. The minimum absolute atomic E-state index is 0.0513. The third kappa shape index (κ3) is 12.7. The highest BCUT2D eigenvalue weighted by molar-refractivity contribution is 6.02. The highest BCUT2D eigenvalue weighted by Crippen LogP contribution is 2.26. The molecule has 1 aromatic rings. The van der Waals surface area contributed by atoms with Crippen LogP contribution in [-0.2, 0) is 19.0 Å². The zero-order chi connectivity index (χ0) is 31.0. The van der Waals surface area contributed by atoms with Gasteiger partial charge in [-0.1, -0.05) is 0 Å². The number of nitrogens with zero attached hydrogens (tertiary/aromatic N) is 2. The van der Waals surface area contributed by atoms with E-state index < -0.39 is 41.1 Å². The summed E-state index contributed by atoms with van der Waals surface area (Å²) in [5.41, 5.74) is -2.07. The molecule has 0 aromatic heterocycles. The molecule has 1 aliphatic rings. The fraction of sp³-hybridized carbons (Fsp3) is 0.667. The topological polar surface area (TPSA) is 125 Å². The lowest BCUT2D eigenvalue weighted by atomic mass is 10.0. The van der Waals surface area contributed by atoms with Crippen LogP contribution in [0.15, 0.2) is 29.3 Å². The van der Waals surface area contributed by atoms with Gasteiger partial charge >= 0.3 is 18.2 Å². The first-order chi connectivity index (χ1) is 18.8. The molecule has 2 rings (SSSR count). The molecule has 1 N–H and O–H groups in total. The number of nitrogens with one attached hydrogen (secondary N) is 1. The van der Waals surface area contributed by atoms with Gasteiger partial charge in [0.1, 0.15) is 34.4 Å². The van der Waals surface area contributed by atoms with Crippen molar-refractivity contribution < 1.29 is 38.1 Å². The molecule has 11 nitrogen and oxygen atoms in total. The van der Waals surface area contributed by atoms with Gasteiger partial charge in [-0.05, 0) is 99.4 Å². The number of amides is 2. The fourth-order valence-electron chi connectivity index (χ4n) is 3.99. The molecule has 2 amide bonds. The first-order valence-electron chi connectivity index (χ1n) is 13.9. The summed E-state index contributed by atoms with van der Waals surface area (Å²) >= 11 is 0. The Bertz CT molecular complexity index is 1070. The van der Waals surface area contributed by atoms with Gasteiger partial charge in [-0.25, -0.2) is 14.5 Å². The van der Waals surface area contributed by atoms with Crippen molar-refractivity contribution in [2.24, 2.45) is 4.99 Å². The van der Waals surface area contributed by atoms with E-state index in [2.05, 4.69) is 10.3 Å². The average molecular weight is 578 g/mol. The number of hydrogen-bond donors (Lipinski definition) is 1. The third-order valence-corrected chi connectivity index (χ3v) is 5.47. The smallest absolute Gasteiger partial charge is 0.417 e. The van der Waals surface area contributed by atoms with Crippen molar-refractivity contribution in [2.75, 3.05) is 13.7 Å². The van der Waals surface area contributed by atoms with Gasteiger partial charge in [0, 0.05) is 12.8 Å². The molecule has 0 spiro atoms. The number of methoxy groups -OCH3 is 1. The Labute approximate surface area is 243 Å². The number of alkyl carbamates (subject to hydrolysis) is 1. The van der Waals surface area contributed by atoms with Crippen LogP contribution in [0.25, 0.3) is 0 Å². The van der Waals surface area contributed by atoms with Crippen LogP contribution in [0.2, 0.25) is 0 Å². The van der Waals surface area contributed by atoms with E-state index in [4.69, 9.17) is 23.7 Å². The third-order valence-electron chi connectivity index (χ3n) is 5.47. The second-order valence-corrected chi connectivity index (χ2v) is 12.9. The van der Waals surface area contributed by atoms with Crippen LogP contribution in [0.3, 0.4) is 0 Å². The van der Waals surface area contributed by atoms with Crippen LogP contribution >= 0.6 is 0 Å². The minimum atomic E-state index is -0.770. The molecule has 0 bridgehead atoms. The summed E-state index contributed by atoms with van der Waals surface area (Å²) in [5.74, 6) is 1.07. The van der Waals surface area contributed by atoms with E-state index in [0.29, 0.717) is 30.8 Å². The fourth-order valence-corrected chi connectivity index (χ4v) is 3.99. The maximum absolute atomic E-state index is 13.3. The highest BCUT2D eigenvalue weighted by atomic mass is 16.6. The number of esters is 1. The standard InChI is InChI=1S/C30H47N3O8/c1-28(2,3)39-24(34)13-11-12-23(38-22-16-14-21(37-10)15-17-22)18-20-19-31-25(32-26(35)40-29(4,5)6)33(20)27(36)41-30(7,8)9/h14-17,20,23H,11-13,18-19H2,1-10H3,(H,31,32,35)/t20-,23-/m0/s1. The Hall–Kier alpha value is -3.50. The van der Waals surface area contributed by atoms with Crippen LogP contribution in [0, 0.1) is 0 Å². The first-order valence-corrected chi connectivity index (χ1v) is 13.9. The van der Waals surface area contributed by atoms with Gasteiger partial charge in [0.05, 0.1) is 19.7 Å². The van der Waals surface area contributed by atoms with Crippen molar-refractivity contribution in [2.45, 2.75) is 117 Å². The van der Waals surface area contributed by atoms with E-state index in [9.17, 15) is 14.4 Å². The Morgan fingerprint density at radius 1 is 0.902 bits per heavy atom. The summed E-state index contributed by atoms with van der Waals surface area (Å²) in [5, 5.41) is 2.60. The Morgan fingerprint density at radius 3 is 2.00 bits per heavy atom. The molecule has 2 atom stereocenters. The molecule has 0 saturated carbocycles. The monoisotopic (exact) mass is 577 g/mol. The van der Waals surface area contributed by atoms with Gasteiger partial charge in [-0.15, -0.1) is 0 Å². The molecule has 0 saturated heterocycles. The molecule has 0 radical (unpaired) electrons. The van der Waals surface area contributed by atoms with Gasteiger partial charge < -0.3 is 23.7 Å². The van der Waals surface area contributed by atoms with Crippen LogP contribution in [0.5, 0.6) is 11.5 Å². The quantitative estimate of drug-likeness (QED) is 0.286. The van der Waals surface area contributed by atoms with Gasteiger partial charge in [-0.2, -0.15) is 0 Å². The van der Waals surface area contributed by atoms with Crippen molar-refractivity contribution in [1.82, 2.24) is 10.2 Å². The molecule has 11 heteroatoms. The summed E-state index contributed by atoms with van der Waals surface area (Å²) < 4.78 is 28.0. The molecule has 1 aliphatic heterocycles. The number of benzene rings is 1. The molecule has 230 valence electrons. The molecule has 0 fully saturated rings. The number of rotatable bonds is 9. The van der Waals surface area contributed by atoms with E-state index in [1.165, 1.54) is 4.90 Å². The predicted octanol–water partition coefficient (Wildman–Crippen LogP) is 5.84. The first kappa shape index (κ1) is 33.7. The van der Waals surface area contributed by atoms with Crippen molar-refractivity contribution >= 4 is 24.1 Å². The largest absolute Gasteiger partial charge is 0.497 e. The highest BCUT2D eigenvalue weighted by Gasteiger charge is 2.39. The number of hydrogen-bond acceptors (Lipinski definition) is 9. The van der Waals surface area contributed by atoms with Crippen molar-refractivity contribution in [1.29, 1.82) is 0 Å². The average Bonchev–Trinajstić information content (AvgIpc) is 3.17. The Balaban J connectivity index is 2.23. The molecule has 1 heterocycles. The second kappa shape index (κ2) is 13.9. The summed E-state index contributed by atoms with van der Waals surface area (Å²) in [6, 6.07) is 6.71. The van der Waals surface area contributed by atoms with Crippen molar-refractivity contribution in [3.05, 3.63) is 24.3 Å². The van der Waals surface area contributed by atoms with E-state index in [1.807, 2.05) is 20.8 Å². The lowest BCUT2D eigenvalue weighted by Gasteiger charge is -2.31. The zero-order valence-electron chi connectivity index (χ0n) is 26.2. The normalized spacial score (nSPS) is 16.4. The lowest BCUT2D eigenvalue weighted by Crippen LogP contribution is -2.52. The van der Waals surface area contributed by atoms with E-state index >= 15 is 0 Å². The van der Waals surface area contributed by atoms with Gasteiger partial charge in [-0.3, -0.25) is 15.1 Å². The number of aliphatic imine (C=N–C) groups is 1. The Morgan fingerprint density at radius 2 is 1.46 bits per heavy atom. The van der Waals surface area contributed by atoms with Crippen molar-refractivity contribution in [3.63, 3.8) is 0 Å². The minimum Gasteiger partial charge on any atom is -0.497 e. The number of carbonyl (C=O) groups is 3. The van der Waals surface area contributed by atoms with Crippen LogP contribution in [0.4, 0.5) is 9.59 Å². The second-order valence-electron chi connectivity index (χ2n) is 12.9.